The predicted molar refractivity (Wildman–Crippen MR) is 112 cm³/mol. The molecule has 1 amide bonds. The summed E-state index contributed by atoms with van der Waals surface area (Å²) in [6, 6.07) is 11.8. The second-order valence-corrected chi connectivity index (χ2v) is 7.43. The van der Waals surface area contributed by atoms with Crippen molar-refractivity contribution in [3.05, 3.63) is 99.6 Å². The SMILES string of the molecule is O=C1C(=O)N(c2cc(Cl)cc(Cl)c2)C(c2ccccc2F)/C1=C(\O)c1ccncc1. The van der Waals surface area contributed by atoms with E-state index in [1.165, 1.54) is 60.9 Å². The van der Waals surface area contributed by atoms with Crippen LogP contribution in [-0.4, -0.2) is 21.8 Å². The van der Waals surface area contributed by atoms with Crippen molar-refractivity contribution < 1.29 is 19.1 Å². The van der Waals surface area contributed by atoms with Crippen LogP contribution in [-0.2, 0) is 9.59 Å². The van der Waals surface area contributed by atoms with Crippen LogP contribution in [0.15, 0.2) is 72.6 Å². The number of pyridine rings is 1. The van der Waals surface area contributed by atoms with Crippen LogP contribution in [0, 0.1) is 5.82 Å². The van der Waals surface area contributed by atoms with Gasteiger partial charge in [-0.1, -0.05) is 41.4 Å². The van der Waals surface area contributed by atoms with Crippen molar-refractivity contribution in [3.8, 4) is 0 Å². The number of aliphatic hydroxyl groups is 1. The minimum atomic E-state index is -1.21. The van der Waals surface area contributed by atoms with E-state index in [2.05, 4.69) is 4.98 Å². The molecule has 2 heterocycles. The van der Waals surface area contributed by atoms with E-state index in [1.807, 2.05) is 0 Å². The standard InChI is InChI=1S/C22H13Cl2FN2O3/c23-13-9-14(24)11-15(10-13)27-19(16-3-1-2-4-17(16)25)18(21(29)22(27)30)20(28)12-5-7-26-8-6-12/h1-11,19,28H/b20-18+. The maximum Gasteiger partial charge on any atom is 0.300 e. The fraction of sp³-hybridized carbons (Fsp3) is 0.0455. The van der Waals surface area contributed by atoms with Crippen molar-refractivity contribution in [3.63, 3.8) is 0 Å². The van der Waals surface area contributed by atoms with E-state index in [0.29, 0.717) is 0 Å². The van der Waals surface area contributed by atoms with E-state index in [-0.39, 0.29) is 32.4 Å². The lowest BCUT2D eigenvalue weighted by molar-refractivity contribution is -0.132. The number of amides is 1. The van der Waals surface area contributed by atoms with Crippen molar-refractivity contribution in [1.29, 1.82) is 0 Å². The summed E-state index contributed by atoms with van der Waals surface area (Å²) in [6.45, 7) is 0. The lowest BCUT2D eigenvalue weighted by Gasteiger charge is -2.26. The van der Waals surface area contributed by atoms with Gasteiger partial charge >= 0.3 is 0 Å². The molecule has 0 radical (unpaired) electrons. The summed E-state index contributed by atoms with van der Waals surface area (Å²) in [6.07, 6.45) is 2.86. The molecule has 30 heavy (non-hydrogen) atoms. The molecule has 1 fully saturated rings. The van der Waals surface area contributed by atoms with Gasteiger partial charge in [-0.15, -0.1) is 0 Å². The van der Waals surface area contributed by atoms with Gasteiger partial charge < -0.3 is 5.11 Å². The fourth-order valence-corrected chi connectivity index (χ4v) is 3.95. The maximum absolute atomic E-state index is 14.8. The second-order valence-electron chi connectivity index (χ2n) is 6.55. The number of hydrogen-bond acceptors (Lipinski definition) is 4. The average Bonchev–Trinajstić information content (AvgIpc) is 2.98. The molecule has 1 N–H and O–H groups in total. The Kier molecular flexibility index (Phi) is 5.28. The summed E-state index contributed by atoms with van der Waals surface area (Å²) in [7, 11) is 0. The molecule has 1 unspecified atom stereocenters. The number of hydrogen-bond donors (Lipinski definition) is 1. The van der Waals surface area contributed by atoms with Crippen molar-refractivity contribution in [2.45, 2.75) is 6.04 Å². The van der Waals surface area contributed by atoms with Gasteiger partial charge in [-0.3, -0.25) is 19.5 Å². The van der Waals surface area contributed by atoms with E-state index in [9.17, 15) is 19.1 Å². The van der Waals surface area contributed by atoms with Crippen LogP contribution in [0.5, 0.6) is 0 Å². The van der Waals surface area contributed by atoms with Crippen LogP contribution in [0.4, 0.5) is 10.1 Å². The molecular weight excluding hydrogens is 430 g/mol. The number of benzene rings is 2. The molecule has 1 atom stereocenters. The highest BCUT2D eigenvalue weighted by Gasteiger charge is 2.47. The zero-order valence-corrected chi connectivity index (χ0v) is 16.7. The van der Waals surface area contributed by atoms with Gasteiger partial charge in [0, 0.05) is 39.3 Å². The Balaban J connectivity index is 2.00. The van der Waals surface area contributed by atoms with Gasteiger partial charge in [-0.05, 0) is 36.4 Å². The van der Waals surface area contributed by atoms with Gasteiger partial charge in [0.2, 0.25) is 0 Å². The Labute approximate surface area is 181 Å². The first-order valence-electron chi connectivity index (χ1n) is 8.80. The van der Waals surface area contributed by atoms with Gasteiger partial charge in [0.05, 0.1) is 11.6 Å². The highest BCUT2D eigenvalue weighted by Crippen LogP contribution is 2.43. The van der Waals surface area contributed by atoms with Crippen LogP contribution in [0.3, 0.4) is 0 Å². The minimum Gasteiger partial charge on any atom is -0.507 e. The van der Waals surface area contributed by atoms with E-state index in [1.54, 1.807) is 6.07 Å². The Morgan fingerprint density at radius 3 is 2.27 bits per heavy atom. The third-order valence-corrected chi connectivity index (χ3v) is 5.16. The minimum absolute atomic E-state index is 0.0448. The number of nitrogens with zero attached hydrogens (tertiary/aromatic N) is 2. The van der Waals surface area contributed by atoms with Gasteiger partial charge in [0.1, 0.15) is 11.6 Å². The quantitative estimate of drug-likeness (QED) is 0.345. The summed E-state index contributed by atoms with van der Waals surface area (Å²) in [5, 5.41) is 11.4. The zero-order valence-electron chi connectivity index (χ0n) is 15.2. The van der Waals surface area contributed by atoms with Gasteiger partial charge in [-0.25, -0.2) is 4.39 Å². The molecule has 0 bridgehead atoms. The van der Waals surface area contributed by atoms with E-state index < -0.39 is 29.3 Å². The maximum atomic E-state index is 14.8. The van der Waals surface area contributed by atoms with Gasteiger partial charge in [-0.2, -0.15) is 0 Å². The number of anilines is 1. The van der Waals surface area contributed by atoms with Crippen LogP contribution in [0.1, 0.15) is 17.2 Å². The first-order chi connectivity index (χ1) is 14.4. The fourth-order valence-electron chi connectivity index (χ4n) is 3.43. The number of aliphatic hydroxyl groups excluding tert-OH is 1. The Bertz CT molecular complexity index is 1180. The number of Topliss-reactive ketones (excluding diaryl/α,β-unsaturated/α-hetero) is 1. The van der Waals surface area contributed by atoms with Crippen LogP contribution < -0.4 is 4.90 Å². The molecule has 1 aliphatic heterocycles. The molecule has 1 saturated heterocycles. The van der Waals surface area contributed by atoms with Crippen LogP contribution in [0.2, 0.25) is 10.0 Å². The second kappa shape index (κ2) is 7.89. The first kappa shape index (κ1) is 20.1. The molecule has 150 valence electrons. The molecular formula is C22H13Cl2FN2O3. The van der Waals surface area contributed by atoms with Gasteiger partial charge in [0.15, 0.2) is 0 Å². The van der Waals surface area contributed by atoms with Crippen LogP contribution in [0.25, 0.3) is 5.76 Å². The Morgan fingerprint density at radius 2 is 1.63 bits per heavy atom. The lowest BCUT2D eigenvalue weighted by atomic mass is 9.95. The van der Waals surface area contributed by atoms with Crippen molar-refractivity contribution >= 4 is 46.3 Å². The smallest absolute Gasteiger partial charge is 0.300 e. The Morgan fingerprint density at radius 1 is 1.00 bits per heavy atom. The molecule has 5 nitrogen and oxygen atoms in total. The van der Waals surface area contributed by atoms with E-state index >= 15 is 0 Å². The van der Waals surface area contributed by atoms with E-state index in [0.717, 1.165) is 4.90 Å². The van der Waals surface area contributed by atoms with Crippen molar-refractivity contribution in [1.82, 2.24) is 4.98 Å². The van der Waals surface area contributed by atoms with Crippen molar-refractivity contribution in [2.24, 2.45) is 0 Å². The molecule has 3 aromatic rings. The average molecular weight is 443 g/mol. The molecule has 8 heteroatoms. The molecule has 0 spiro atoms. The number of ketones is 1. The predicted octanol–water partition coefficient (Wildman–Crippen LogP) is 5.15. The highest BCUT2D eigenvalue weighted by molar-refractivity contribution is 6.52. The van der Waals surface area contributed by atoms with E-state index in [4.69, 9.17) is 23.2 Å². The summed E-state index contributed by atoms with van der Waals surface area (Å²) in [5.41, 5.74) is 0.279. The third-order valence-electron chi connectivity index (χ3n) is 4.72. The summed E-state index contributed by atoms with van der Waals surface area (Å²) < 4.78 is 14.8. The number of carbonyl (C=O) groups excluding carboxylic acids is 2. The number of rotatable bonds is 3. The van der Waals surface area contributed by atoms with Gasteiger partial charge in [0.25, 0.3) is 11.7 Å². The highest BCUT2D eigenvalue weighted by atomic mass is 35.5. The molecule has 4 rings (SSSR count). The largest absolute Gasteiger partial charge is 0.507 e. The normalized spacial score (nSPS) is 18.1. The molecule has 1 aromatic heterocycles. The number of aromatic nitrogens is 1. The summed E-state index contributed by atoms with van der Waals surface area (Å²) >= 11 is 12.2. The topological polar surface area (TPSA) is 70.5 Å². The number of halogens is 3. The molecule has 0 saturated carbocycles. The first-order valence-corrected chi connectivity index (χ1v) is 9.56. The number of carbonyl (C=O) groups is 2. The van der Waals surface area contributed by atoms with Crippen LogP contribution >= 0.6 is 23.2 Å². The Hall–Kier alpha value is -3.22. The summed E-state index contributed by atoms with van der Waals surface area (Å²) in [4.78, 5) is 30.9. The molecule has 2 aromatic carbocycles. The monoisotopic (exact) mass is 442 g/mol. The molecule has 1 aliphatic rings. The third kappa shape index (κ3) is 3.44. The summed E-state index contributed by atoms with van der Waals surface area (Å²) in [5.74, 6) is -2.95. The zero-order chi connectivity index (χ0) is 21.4. The van der Waals surface area contributed by atoms with Crippen molar-refractivity contribution in [2.75, 3.05) is 4.90 Å². The molecule has 0 aliphatic carbocycles. The lowest BCUT2D eigenvalue weighted by Crippen LogP contribution is -2.29.